The van der Waals surface area contributed by atoms with E-state index in [0.717, 1.165) is 37.0 Å². The first-order chi connectivity index (χ1) is 11.1. The van der Waals surface area contributed by atoms with E-state index in [1.54, 1.807) is 18.0 Å². The lowest BCUT2D eigenvalue weighted by Gasteiger charge is -2.38. The third-order valence-electron chi connectivity index (χ3n) is 4.03. The van der Waals surface area contributed by atoms with Gasteiger partial charge in [0.05, 0.1) is 11.1 Å². The van der Waals surface area contributed by atoms with Crippen molar-refractivity contribution in [2.75, 3.05) is 31.9 Å². The molecule has 23 heavy (non-hydrogen) atoms. The van der Waals surface area contributed by atoms with Crippen LogP contribution < -0.4 is 0 Å². The lowest BCUT2D eigenvalue weighted by Crippen LogP contribution is -2.52. The van der Waals surface area contributed by atoms with Gasteiger partial charge in [0.25, 0.3) is 0 Å². The number of piperazine rings is 1. The summed E-state index contributed by atoms with van der Waals surface area (Å²) in [7, 11) is 0. The van der Waals surface area contributed by atoms with Gasteiger partial charge in [-0.2, -0.15) is 5.26 Å². The van der Waals surface area contributed by atoms with Crippen molar-refractivity contribution in [2.24, 2.45) is 5.92 Å². The first kappa shape index (κ1) is 17.8. The Balaban J connectivity index is 1.72. The molecule has 1 aliphatic heterocycles. The number of nitrogens with zero attached hydrogens (tertiary/aromatic N) is 4. The van der Waals surface area contributed by atoms with Crippen LogP contribution in [0.2, 0.25) is 0 Å². The molecule has 1 saturated heterocycles. The maximum Gasteiger partial charge on any atom is 0.223 e. The largest absolute Gasteiger partial charge is 0.340 e. The van der Waals surface area contributed by atoms with E-state index in [2.05, 4.69) is 29.8 Å². The number of carbonyl (C=O) groups is 1. The SMILES string of the molecule is CC(C)C(C#N)N1CCN(C(=O)CCSc2ccccn2)CC1. The van der Waals surface area contributed by atoms with Gasteiger partial charge >= 0.3 is 0 Å². The second-order valence-electron chi connectivity index (χ2n) is 6.00. The van der Waals surface area contributed by atoms with Crippen molar-refractivity contribution in [3.05, 3.63) is 24.4 Å². The topological polar surface area (TPSA) is 60.2 Å². The molecule has 1 amide bonds. The molecule has 0 bridgehead atoms. The summed E-state index contributed by atoms with van der Waals surface area (Å²) in [5, 5.41) is 10.2. The highest BCUT2D eigenvalue weighted by molar-refractivity contribution is 7.99. The van der Waals surface area contributed by atoms with Crippen molar-refractivity contribution in [3.63, 3.8) is 0 Å². The van der Waals surface area contributed by atoms with Gasteiger partial charge < -0.3 is 4.90 Å². The van der Waals surface area contributed by atoms with E-state index in [9.17, 15) is 10.1 Å². The summed E-state index contributed by atoms with van der Waals surface area (Å²) >= 11 is 1.61. The molecule has 0 aromatic carbocycles. The highest BCUT2D eigenvalue weighted by atomic mass is 32.2. The number of carbonyl (C=O) groups excluding carboxylic acids is 1. The van der Waals surface area contributed by atoms with Crippen LogP contribution in [-0.4, -0.2) is 58.7 Å². The van der Waals surface area contributed by atoms with Crippen molar-refractivity contribution in [1.29, 1.82) is 5.26 Å². The van der Waals surface area contributed by atoms with Crippen LogP contribution in [0.15, 0.2) is 29.4 Å². The predicted molar refractivity (Wildman–Crippen MR) is 92.0 cm³/mol. The minimum absolute atomic E-state index is 0.0491. The minimum Gasteiger partial charge on any atom is -0.340 e. The molecule has 1 fully saturated rings. The third-order valence-corrected chi connectivity index (χ3v) is 4.97. The molecule has 0 saturated carbocycles. The molecule has 2 heterocycles. The monoisotopic (exact) mass is 332 g/mol. The lowest BCUT2D eigenvalue weighted by atomic mass is 10.0. The van der Waals surface area contributed by atoms with E-state index in [-0.39, 0.29) is 11.9 Å². The number of thioether (sulfide) groups is 1. The van der Waals surface area contributed by atoms with Gasteiger partial charge in [-0.15, -0.1) is 11.8 Å². The molecule has 1 aromatic heterocycles. The summed E-state index contributed by atoms with van der Waals surface area (Å²) in [6.07, 6.45) is 2.30. The van der Waals surface area contributed by atoms with Crippen LogP contribution in [0.3, 0.4) is 0 Å². The fourth-order valence-corrected chi connectivity index (χ4v) is 3.53. The second kappa shape index (κ2) is 8.90. The van der Waals surface area contributed by atoms with E-state index in [1.165, 1.54) is 0 Å². The quantitative estimate of drug-likeness (QED) is 0.748. The standard InChI is InChI=1S/C17H24N4OS/c1-14(2)15(13-18)20-8-10-21(11-9-20)17(22)6-12-23-16-5-3-4-7-19-16/h3-5,7,14-15H,6,8-12H2,1-2H3. The second-order valence-corrected chi connectivity index (χ2v) is 7.12. The van der Waals surface area contributed by atoms with Crippen molar-refractivity contribution < 1.29 is 4.79 Å². The molecule has 0 spiro atoms. The van der Waals surface area contributed by atoms with E-state index < -0.39 is 0 Å². The Bertz CT molecular complexity index is 535. The van der Waals surface area contributed by atoms with Crippen LogP contribution in [-0.2, 0) is 4.79 Å². The maximum atomic E-state index is 12.3. The van der Waals surface area contributed by atoms with Gasteiger partial charge in [-0.05, 0) is 18.1 Å². The summed E-state index contributed by atoms with van der Waals surface area (Å²) in [6, 6.07) is 8.14. The summed E-state index contributed by atoms with van der Waals surface area (Å²) in [4.78, 5) is 20.6. The van der Waals surface area contributed by atoms with Crippen molar-refractivity contribution >= 4 is 17.7 Å². The molecule has 2 rings (SSSR count). The van der Waals surface area contributed by atoms with E-state index in [0.29, 0.717) is 12.3 Å². The molecule has 0 radical (unpaired) electrons. The van der Waals surface area contributed by atoms with Crippen LogP contribution in [0.4, 0.5) is 0 Å². The Morgan fingerprint density at radius 3 is 2.65 bits per heavy atom. The Kier molecular flexibility index (Phi) is 6.87. The van der Waals surface area contributed by atoms with Crippen molar-refractivity contribution in [3.8, 4) is 6.07 Å². The zero-order valence-electron chi connectivity index (χ0n) is 13.8. The van der Waals surface area contributed by atoms with Crippen LogP contribution in [0.1, 0.15) is 20.3 Å². The maximum absolute atomic E-state index is 12.3. The predicted octanol–water partition coefficient (Wildman–Crippen LogP) is 2.26. The van der Waals surface area contributed by atoms with Gasteiger partial charge in [-0.25, -0.2) is 4.98 Å². The van der Waals surface area contributed by atoms with E-state index in [1.807, 2.05) is 23.1 Å². The summed E-state index contributed by atoms with van der Waals surface area (Å²) in [5.74, 6) is 1.27. The zero-order chi connectivity index (χ0) is 16.7. The zero-order valence-corrected chi connectivity index (χ0v) is 14.6. The third kappa shape index (κ3) is 5.22. The fourth-order valence-electron chi connectivity index (χ4n) is 2.74. The lowest BCUT2D eigenvalue weighted by molar-refractivity contribution is -0.132. The molecular weight excluding hydrogens is 308 g/mol. The Hall–Kier alpha value is -1.58. The summed E-state index contributed by atoms with van der Waals surface area (Å²) in [6.45, 7) is 7.15. The molecule has 0 N–H and O–H groups in total. The molecule has 6 heteroatoms. The van der Waals surface area contributed by atoms with Gasteiger partial charge in [0.15, 0.2) is 0 Å². The highest BCUT2D eigenvalue weighted by Crippen LogP contribution is 2.17. The normalized spacial score (nSPS) is 17.0. The first-order valence-corrected chi connectivity index (χ1v) is 9.05. The molecule has 5 nitrogen and oxygen atoms in total. The van der Waals surface area contributed by atoms with Crippen molar-refractivity contribution in [2.45, 2.75) is 31.3 Å². The number of hydrogen-bond donors (Lipinski definition) is 0. The molecule has 1 aliphatic rings. The number of rotatable bonds is 6. The van der Waals surface area contributed by atoms with Gasteiger partial charge in [-0.3, -0.25) is 9.69 Å². The molecule has 124 valence electrons. The molecule has 1 aromatic rings. The van der Waals surface area contributed by atoms with Crippen LogP contribution in [0.25, 0.3) is 0 Å². The number of hydrogen-bond acceptors (Lipinski definition) is 5. The van der Waals surface area contributed by atoms with Crippen LogP contribution >= 0.6 is 11.8 Å². The van der Waals surface area contributed by atoms with Gasteiger partial charge in [-0.1, -0.05) is 19.9 Å². The Morgan fingerprint density at radius 2 is 2.09 bits per heavy atom. The van der Waals surface area contributed by atoms with Gasteiger partial charge in [0.1, 0.15) is 6.04 Å². The number of amides is 1. The molecular formula is C17H24N4OS. The average molecular weight is 332 g/mol. The first-order valence-electron chi connectivity index (χ1n) is 8.07. The van der Waals surface area contributed by atoms with E-state index in [4.69, 9.17) is 0 Å². The fraction of sp³-hybridized carbons (Fsp3) is 0.588. The number of nitriles is 1. The molecule has 0 aliphatic carbocycles. The summed E-state index contributed by atoms with van der Waals surface area (Å²) < 4.78 is 0. The minimum atomic E-state index is -0.0491. The molecule has 1 atom stereocenters. The van der Waals surface area contributed by atoms with Crippen LogP contribution in [0, 0.1) is 17.2 Å². The van der Waals surface area contributed by atoms with Crippen LogP contribution in [0.5, 0.6) is 0 Å². The average Bonchev–Trinajstić information content (AvgIpc) is 2.56. The summed E-state index contributed by atoms with van der Waals surface area (Å²) in [5.41, 5.74) is 0. The number of pyridine rings is 1. The Morgan fingerprint density at radius 1 is 1.35 bits per heavy atom. The highest BCUT2D eigenvalue weighted by Gasteiger charge is 2.27. The van der Waals surface area contributed by atoms with Gasteiger partial charge in [0.2, 0.25) is 5.91 Å². The molecule has 1 unspecified atom stereocenters. The number of aromatic nitrogens is 1. The van der Waals surface area contributed by atoms with E-state index >= 15 is 0 Å². The van der Waals surface area contributed by atoms with Gasteiger partial charge in [0, 0.05) is 44.5 Å². The van der Waals surface area contributed by atoms with Crippen molar-refractivity contribution in [1.82, 2.24) is 14.8 Å². The Labute approximate surface area is 142 Å². The smallest absolute Gasteiger partial charge is 0.223 e.